The lowest BCUT2D eigenvalue weighted by Gasteiger charge is -2.55. The Hall–Kier alpha value is -3.38. The largest absolute Gasteiger partial charge is 0.370 e. The number of halogens is 2. The van der Waals surface area contributed by atoms with Crippen molar-refractivity contribution in [3.63, 3.8) is 0 Å². The normalized spacial score (nSPS) is 25.6. The quantitative estimate of drug-likeness (QED) is 0.548. The van der Waals surface area contributed by atoms with E-state index in [2.05, 4.69) is 15.8 Å². The second kappa shape index (κ2) is 7.57. The maximum absolute atomic E-state index is 15.7. The van der Waals surface area contributed by atoms with Gasteiger partial charge in [-0.25, -0.2) is 13.6 Å². The first kappa shape index (κ1) is 22.4. The minimum absolute atomic E-state index is 0.0204. The van der Waals surface area contributed by atoms with E-state index in [1.54, 1.807) is 20.8 Å². The molecule has 3 atom stereocenters. The summed E-state index contributed by atoms with van der Waals surface area (Å²) in [6, 6.07) is -0.571. The number of aryl methyl sites for hydroxylation is 1. The number of ether oxygens (including phenoxy) is 1. The average Bonchev–Trinajstić information content (AvgIpc) is 3.11. The molecule has 180 valence electrons. The molecule has 2 aromatic rings. The number of amides is 4. The van der Waals surface area contributed by atoms with Crippen LogP contribution in [-0.2, 0) is 20.7 Å². The van der Waals surface area contributed by atoms with Crippen molar-refractivity contribution in [2.75, 3.05) is 18.0 Å². The fraction of sp³-hybridized carbons (Fsp3) is 0.455. The van der Waals surface area contributed by atoms with Gasteiger partial charge in [0, 0.05) is 30.6 Å². The summed E-state index contributed by atoms with van der Waals surface area (Å²) < 4.78 is 42.1. The lowest BCUT2D eigenvalue weighted by molar-refractivity contribution is -0.153. The molecule has 3 aliphatic heterocycles. The number of rotatable bonds is 2. The van der Waals surface area contributed by atoms with Crippen LogP contribution < -0.4 is 21.3 Å². The molecule has 10 nitrogen and oxygen atoms in total. The minimum Gasteiger partial charge on any atom is -0.370 e. The Labute approximate surface area is 192 Å². The van der Waals surface area contributed by atoms with Crippen molar-refractivity contribution in [3.05, 3.63) is 34.6 Å². The van der Waals surface area contributed by atoms with E-state index in [-0.39, 0.29) is 42.0 Å². The van der Waals surface area contributed by atoms with Crippen LogP contribution in [0.2, 0.25) is 0 Å². The summed E-state index contributed by atoms with van der Waals surface area (Å²) in [7, 11) is 0. The van der Waals surface area contributed by atoms with Crippen LogP contribution in [-0.4, -0.2) is 54.3 Å². The number of morpholine rings is 1. The highest BCUT2D eigenvalue weighted by molar-refractivity contribution is 6.20. The van der Waals surface area contributed by atoms with Gasteiger partial charge in [0.2, 0.25) is 11.8 Å². The molecule has 1 aromatic heterocycles. The van der Waals surface area contributed by atoms with Crippen molar-refractivity contribution >= 4 is 23.5 Å². The number of urea groups is 1. The molecule has 0 bridgehead atoms. The molecule has 0 aliphatic carbocycles. The second-order valence-electron chi connectivity index (χ2n) is 8.95. The van der Waals surface area contributed by atoms with E-state index in [9.17, 15) is 14.4 Å². The van der Waals surface area contributed by atoms with E-state index in [1.165, 1.54) is 11.0 Å². The van der Waals surface area contributed by atoms with E-state index in [1.807, 2.05) is 0 Å². The molecule has 0 saturated carbocycles. The van der Waals surface area contributed by atoms with Gasteiger partial charge in [-0.05, 0) is 32.4 Å². The van der Waals surface area contributed by atoms with Crippen molar-refractivity contribution in [1.29, 1.82) is 0 Å². The summed E-state index contributed by atoms with van der Waals surface area (Å²) in [4.78, 5) is 39.7. The maximum atomic E-state index is 15.7. The summed E-state index contributed by atoms with van der Waals surface area (Å²) in [5.41, 5.74) is 4.62. The topological polar surface area (TPSA) is 140 Å². The molecule has 4 N–H and O–H groups in total. The Morgan fingerprint density at radius 2 is 1.88 bits per heavy atom. The summed E-state index contributed by atoms with van der Waals surface area (Å²) in [5.74, 6) is -3.47. The van der Waals surface area contributed by atoms with Gasteiger partial charge in [-0.3, -0.25) is 20.2 Å². The van der Waals surface area contributed by atoms with E-state index in [0.29, 0.717) is 11.3 Å². The van der Waals surface area contributed by atoms with Gasteiger partial charge in [0.15, 0.2) is 17.0 Å². The molecule has 1 unspecified atom stereocenters. The zero-order valence-corrected chi connectivity index (χ0v) is 18.7. The maximum Gasteiger partial charge on any atom is 0.328 e. The van der Waals surface area contributed by atoms with Crippen molar-refractivity contribution in [2.45, 2.75) is 45.4 Å². The van der Waals surface area contributed by atoms with Crippen LogP contribution in [0.3, 0.4) is 0 Å². The third kappa shape index (κ3) is 2.91. The van der Waals surface area contributed by atoms with Crippen molar-refractivity contribution in [3.8, 4) is 11.3 Å². The number of carbonyl (C=O) groups excluding carboxylic acids is 3. The number of fused-ring (bicyclic) bond motifs is 4. The number of hydrogen-bond donors (Lipinski definition) is 3. The highest BCUT2D eigenvalue weighted by Crippen LogP contribution is 2.49. The van der Waals surface area contributed by atoms with Gasteiger partial charge in [-0.2, -0.15) is 0 Å². The third-order valence-electron chi connectivity index (χ3n) is 7.05. The lowest BCUT2D eigenvalue weighted by Crippen LogP contribution is -2.75. The average molecular weight is 475 g/mol. The first-order valence-corrected chi connectivity index (χ1v) is 10.8. The number of hydrogen-bond acceptors (Lipinski definition) is 8. The van der Waals surface area contributed by atoms with Crippen LogP contribution >= 0.6 is 0 Å². The van der Waals surface area contributed by atoms with Crippen LogP contribution in [0.1, 0.15) is 23.8 Å². The van der Waals surface area contributed by atoms with Gasteiger partial charge in [-0.1, -0.05) is 5.16 Å². The zero-order valence-electron chi connectivity index (χ0n) is 18.7. The van der Waals surface area contributed by atoms with Gasteiger partial charge >= 0.3 is 6.03 Å². The van der Waals surface area contributed by atoms with Crippen LogP contribution in [0.25, 0.3) is 11.3 Å². The van der Waals surface area contributed by atoms with Crippen LogP contribution in [0.4, 0.5) is 19.3 Å². The van der Waals surface area contributed by atoms with Crippen LogP contribution in [0.5, 0.6) is 0 Å². The second-order valence-corrected chi connectivity index (χ2v) is 8.95. The smallest absolute Gasteiger partial charge is 0.328 e. The molecule has 3 aliphatic rings. The van der Waals surface area contributed by atoms with Gasteiger partial charge in [0.25, 0.3) is 0 Å². The van der Waals surface area contributed by atoms with Crippen LogP contribution in [0, 0.1) is 30.9 Å². The number of barbiturate groups is 1. The highest BCUT2D eigenvalue weighted by atomic mass is 19.2. The fourth-order valence-corrected chi connectivity index (χ4v) is 5.39. The Balaban J connectivity index is 1.76. The summed E-state index contributed by atoms with van der Waals surface area (Å²) >= 11 is 0. The van der Waals surface area contributed by atoms with Crippen molar-refractivity contribution in [2.24, 2.45) is 11.1 Å². The molecule has 2 fully saturated rings. The third-order valence-corrected chi connectivity index (χ3v) is 7.05. The Kier molecular flexibility index (Phi) is 4.99. The number of nitrogens with zero attached hydrogens (tertiary/aromatic N) is 2. The minimum atomic E-state index is -1.82. The molecule has 34 heavy (non-hydrogen) atoms. The number of benzene rings is 1. The zero-order chi connectivity index (χ0) is 24.5. The molecule has 2 saturated heterocycles. The number of imide groups is 2. The molecule has 4 amide bonds. The SMILES string of the molecule is Cc1onc(-c2cc3c(c(F)c2F)N2CC(CN)O[C@@H](C)[C@@H]2C2(C3)C(=O)NC(=O)NC2=O)c1C. The first-order valence-electron chi connectivity index (χ1n) is 10.8. The molecular weight excluding hydrogens is 452 g/mol. The van der Waals surface area contributed by atoms with Gasteiger partial charge in [0.05, 0.1) is 23.9 Å². The monoisotopic (exact) mass is 475 g/mol. The molecule has 12 heteroatoms. The van der Waals surface area contributed by atoms with E-state index >= 15 is 8.78 Å². The number of anilines is 1. The van der Waals surface area contributed by atoms with Gasteiger partial charge in [-0.15, -0.1) is 0 Å². The molecule has 0 radical (unpaired) electrons. The predicted molar refractivity (Wildman–Crippen MR) is 114 cm³/mol. The van der Waals surface area contributed by atoms with E-state index in [4.69, 9.17) is 15.0 Å². The highest BCUT2D eigenvalue weighted by Gasteiger charge is 2.63. The molecule has 1 spiro atoms. The van der Waals surface area contributed by atoms with Crippen molar-refractivity contribution in [1.82, 2.24) is 15.8 Å². The number of nitrogens with one attached hydrogen (secondary N) is 2. The molecular formula is C22H23F2N5O5. The number of carbonyl (C=O) groups is 3. The Bertz CT molecular complexity index is 1220. The van der Waals surface area contributed by atoms with E-state index in [0.717, 1.165) is 0 Å². The summed E-state index contributed by atoms with van der Waals surface area (Å²) in [6.07, 6.45) is -1.59. The summed E-state index contributed by atoms with van der Waals surface area (Å²) in [5, 5.41) is 8.17. The van der Waals surface area contributed by atoms with Gasteiger partial charge < -0.3 is 19.9 Å². The lowest BCUT2D eigenvalue weighted by atomic mass is 9.66. The van der Waals surface area contributed by atoms with Crippen molar-refractivity contribution < 1.29 is 32.4 Å². The Morgan fingerprint density at radius 1 is 1.21 bits per heavy atom. The molecule has 1 aromatic carbocycles. The molecule has 5 rings (SSSR count). The first-order chi connectivity index (χ1) is 16.1. The number of aromatic nitrogens is 1. The molecule has 4 heterocycles. The Morgan fingerprint density at radius 3 is 2.47 bits per heavy atom. The number of nitrogens with two attached hydrogens (primary N) is 1. The van der Waals surface area contributed by atoms with E-state index < -0.39 is 53.1 Å². The predicted octanol–water partition coefficient (Wildman–Crippen LogP) is 1.07. The standard InChI is InChI=1S/C22H23F2N5O5/c1-8-9(2)34-28-16(8)13-4-11-5-22(19(30)26-21(32)27-20(22)31)18-10(3)33-12(6-25)7-29(18)17(11)15(24)14(13)23/h4,10,12,18H,5-7,25H2,1-3H3,(H2,26,27,30,31,32)/t10-,12?,18+/m0/s1. The summed E-state index contributed by atoms with van der Waals surface area (Å²) in [6.45, 7) is 5.05. The van der Waals surface area contributed by atoms with Crippen LogP contribution in [0.15, 0.2) is 10.6 Å². The van der Waals surface area contributed by atoms with Gasteiger partial charge in [0.1, 0.15) is 11.5 Å². The fourth-order valence-electron chi connectivity index (χ4n) is 5.39.